The quantitative estimate of drug-likeness (QED) is 0.416. The standard InChI is InChI=1S/C17H16N4O6/c1-19(18-9-12-2-5-14(6-3-12)21(24)25)15(10-20(22)23)13-4-7-16-17(8-13)27-11-26-16/h2-9,15H,10-11H2,1H3/b18-9+. The van der Waals surface area contributed by atoms with E-state index in [2.05, 4.69) is 5.10 Å². The molecule has 1 aliphatic rings. The highest BCUT2D eigenvalue weighted by Gasteiger charge is 2.24. The second-order valence-corrected chi connectivity index (χ2v) is 5.81. The monoisotopic (exact) mass is 372 g/mol. The van der Waals surface area contributed by atoms with Gasteiger partial charge in [-0.05, 0) is 35.4 Å². The molecule has 0 spiro atoms. The van der Waals surface area contributed by atoms with Crippen molar-refractivity contribution < 1.29 is 19.3 Å². The highest BCUT2D eigenvalue weighted by atomic mass is 16.7. The lowest BCUT2D eigenvalue weighted by atomic mass is 10.1. The molecule has 0 saturated carbocycles. The molecular weight excluding hydrogens is 356 g/mol. The third-order valence-corrected chi connectivity index (χ3v) is 4.05. The third-order valence-electron chi connectivity index (χ3n) is 4.05. The van der Waals surface area contributed by atoms with Crippen molar-refractivity contribution in [2.45, 2.75) is 6.04 Å². The first-order valence-electron chi connectivity index (χ1n) is 7.96. The van der Waals surface area contributed by atoms with Gasteiger partial charge in [0, 0.05) is 24.1 Å². The van der Waals surface area contributed by atoms with Crippen LogP contribution in [0, 0.1) is 20.2 Å². The first kappa shape index (κ1) is 18.1. The maximum Gasteiger partial charge on any atom is 0.269 e. The summed E-state index contributed by atoms with van der Waals surface area (Å²) in [6.07, 6.45) is 1.49. The molecule has 3 rings (SSSR count). The van der Waals surface area contributed by atoms with Crippen LogP contribution in [0.15, 0.2) is 47.6 Å². The summed E-state index contributed by atoms with van der Waals surface area (Å²) < 4.78 is 10.6. The molecule has 0 N–H and O–H groups in total. The van der Waals surface area contributed by atoms with Crippen molar-refractivity contribution in [2.75, 3.05) is 20.4 Å². The van der Waals surface area contributed by atoms with E-state index in [1.807, 2.05) is 0 Å². The fraction of sp³-hybridized carbons (Fsp3) is 0.235. The van der Waals surface area contributed by atoms with Crippen LogP contribution in [-0.4, -0.2) is 41.5 Å². The molecular formula is C17H16N4O6. The Hall–Kier alpha value is -3.69. The Morgan fingerprint density at radius 2 is 1.85 bits per heavy atom. The van der Waals surface area contributed by atoms with Crippen molar-refractivity contribution in [2.24, 2.45) is 5.10 Å². The lowest BCUT2D eigenvalue weighted by molar-refractivity contribution is -0.487. The molecule has 1 aliphatic heterocycles. The number of hydrogen-bond donors (Lipinski definition) is 0. The van der Waals surface area contributed by atoms with E-state index in [1.165, 1.54) is 23.4 Å². The number of fused-ring (bicyclic) bond motifs is 1. The van der Waals surface area contributed by atoms with Crippen LogP contribution in [0.2, 0.25) is 0 Å². The number of non-ortho nitro benzene ring substituents is 1. The first-order chi connectivity index (χ1) is 12.9. The van der Waals surface area contributed by atoms with Gasteiger partial charge in [-0.15, -0.1) is 0 Å². The van der Waals surface area contributed by atoms with Crippen LogP contribution in [-0.2, 0) is 0 Å². The minimum atomic E-state index is -0.621. The number of hydrazone groups is 1. The van der Waals surface area contributed by atoms with Gasteiger partial charge in [-0.1, -0.05) is 6.07 Å². The zero-order chi connectivity index (χ0) is 19.4. The van der Waals surface area contributed by atoms with Crippen LogP contribution in [0.5, 0.6) is 11.5 Å². The normalized spacial score (nSPS) is 13.5. The maximum atomic E-state index is 11.1. The fourth-order valence-corrected chi connectivity index (χ4v) is 2.62. The fourth-order valence-electron chi connectivity index (χ4n) is 2.62. The second kappa shape index (κ2) is 7.68. The maximum absolute atomic E-state index is 11.1. The van der Waals surface area contributed by atoms with Gasteiger partial charge in [0.15, 0.2) is 11.5 Å². The van der Waals surface area contributed by atoms with Crippen LogP contribution in [0.4, 0.5) is 5.69 Å². The molecule has 0 bridgehead atoms. The number of nitro groups is 2. The lowest BCUT2D eigenvalue weighted by Crippen LogP contribution is -2.26. The molecule has 10 nitrogen and oxygen atoms in total. The molecule has 2 aromatic carbocycles. The Bertz CT molecular complexity index is 883. The van der Waals surface area contributed by atoms with Crippen molar-refractivity contribution in [3.63, 3.8) is 0 Å². The van der Waals surface area contributed by atoms with Crippen LogP contribution in [0.1, 0.15) is 17.2 Å². The van der Waals surface area contributed by atoms with Crippen molar-refractivity contribution >= 4 is 11.9 Å². The van der Waals surface area contributed by atoms with Crippen LogP contribution >= 0.6 is 0 Å². The average molecular weight is 372 g/mol. The van der Waals surface area contributed by atoms with Crippen molar-refractivity contribution in [1.29, 1.82) is 0 Å². The van der Waals surface area contributed by atoms with Gasteiger partial charge in [0.05, 0.1) is 11.1 Å². The Morgan fingerprint density at radius 1 is 1.15 bits per heavy atom. The first-order valence-corrected chi connectivity index (χ1v) is 7.96. The Kier molecular flexibility index (Phi) is 5.15. The molecule has 140 valence electrons. The van der Waals surface area contributed by atoms with Gasteiger partial charge in [0.2, 0.25) is 13.3 Å². The summed E-state index contributed by atoms with van der Waals surface area (Å²) in [7, 11) is 1.63. The molecule has 10 heteroatoms. The van der Waals surface area contributed by atoms with Crippen molar-refractivity contribution in [1.82, 2.24) is 5.01 Å². The Morgan fingerprint density at radius 3 is 2.52 bits per heavy atom. The number of ether oxygens (including phenoxy) is 2. The molecule has 1 heterocycles. The molecule has 27 heavy (non-hydrogen) atoms. The SMILES string of the molecule is CN(/N=C/c1ccc([N+](=O)[O-])cc1)C(C[N+](=O)[O-])c1ccc2c(c1)OCO2. The number of benzene rings is 2. The number of hydrogen-bond acceptors (Lipinski definition) is 8. The lowest BCUT2D eigenvalue weighted by Gasteiger charge is -2.22. The molecule has 0 radical (unpaired) electrons. The molecule has 1 unspecified atom stereocenters. The van der Waals surface area contributed by atoms with E-state index < -0.39 is 15.9 Å². The summed E-state index contributed by atoms with van der Waals surface area (Å²) in [6.45, 7) is -0.236. The van der Waals surface area contributed by atoms with E-state index in [0.717, 1.165) is 0 Å². The zero-order valence-electron chi connectivity index (χ0n) is 14.3. The summed E-state index contributed by atoms with van der Waals surface area (Å²) in [6, 6.07) is 10.4. The highest BCUT2D eigenvalue weighted by Crippen LogP contribution is 2.35. The average Bonchev–Trinajstić information content (AvgIpc) is 3.12. The molecule has 0 saturated heterocycles. The van der Waals surface area contributed by atoms with Crippen molar-refractivity contribution in [3.8, 4) is 11.5 Å². The summed E-state index contributed by atoms with van der Waals surface area (Å²) in [5.41, 5.74) is 1.28. The molecule has 2 aromatic rings. The molecule has 0 aliphatic carbocycles. The smallest absolute Gasteiger partial charge is 0.269 e. The van der Waals surface area contributed by atoms with E-state index >= 15 is 0 Å². The molecule has 1 atom stereocenters. The third kappa shape index (κ3) is 4.29. The highest BCUT2D eigenvalue weighted by molar-refractivity contribution is 5.79. The predicted molar refractivity (Wildman–Crippen MR) is 95.6 cm³/mol. The number of rotatable bonds is 7. The number of nitro benzene ring substituents is 1. The minimum Gasteiger partial charge on any atom is -0.454 e. The Labute approximate surface area is 153 Å². The molecule has 0 amide bonds. The van der Waals surface area contributed by atoms with Gasteiger partial charge in [-0.25, -0.2) is 0 Å². The van der Waals surface area contributed by atoms with E-state index in [1.54, 1.807) is 37.4 Å². The van der Waals surface area contributed by atoms with E-state index in [-0.39, 0.29) is 19.0 Å². The summed E-state index contributed by atoms with van der Waals surface area (Å²) in [5.74, 6) is 1.13. The molecule has 0 fully saturated rings. The second-order valence-electron chi connectivity index (χ2n) is 5.81. The largest absolute Gasteiger partial charge is 0.454 e. The van der Waals surface area contributed by atoms with Crippen LogP contribution < -0.4 is 9.47 Å². The van der Waals surface area contributed by atoms with Gasteiger partial charge in [-0.2, -0.15) is 5.10 Å². The minimum absolute atomic E-state index is 0.0212. The van der Waals surface area contributed by atoms with Gasteiger partial charge >= 0.3 is 0 Å². The van der Waals surface area contributed by atoms with Gasteiger partial charge < -0.3 is 9.47 Å². The topological polar surface area (TPSA) is 120 Å². The van der Waals surface area contributed by atoms with E-state index in [4.69, 9.17) is 9.47 Å². The van der Waals surface area contributed by atoms with Gasteiger partial charge in [0.25, 0.3) is 5.69 Å². The summed E-state index contributed by atoms with van der Waals surface area (Å²) in [5, 5.41) is 27.5. The van der Waals surface area contributed by atoms with Crippen molar-refractivity contribution in [3.05, 3.63) is 73.8 Å². The number of likely N-dealkylation sites (N-methyl/N-ethyl adjacent to an activating group) is 1. The predicted octanol–water partition coefficient (Wildman–Crippen LogP) is 2.61. The van der Waals surface area contributed by atoms with Gasteiger partial charge in [0.1, 0.15) is 6.04 Å². The van der Waals surface area contributed by atoms with E-state index in [9.17, 15) is 20.2 Å². The van der Waals surface area contributed by atoms with Crippen LogP contribution in [0.3, 0.4) is 0 Å². The van der Waals surface area contributed by atoms with Crippen LogP contribution in [0.25, 0.3) is 0 Å². The number of nitrogens with zero attached hydrogens (tertiary/aromatic N) is 4. The summed E-state index contributed by atoms with van der Waals surface area (Å²) >= 11 is 0. The van der Waals surface area contributed by atoms with E-state index in [0.29, 0.717) is 22.6 Å². The molecule has 0 aromatic heterocycles. The van der Waals surface area contributed by atoms with Gasteiger partial charge in [-0.3, -0.25) is 25.2 Å². The Balaban J connectivity index is 1.79. The zero-order valence-corrected chi connectivity index (χ0v) is 14.3. The summed E-state index contributed by atoms with van der Waals surface area (Å²) in [4.78, 5) is 20.9.